The van der Waals surface area contributed by atoms with Crippen LogP contribution >= 0.6 is 0 Å². The third-order valence-corrected chi connectivity index (χ3v) is 5.42. The second kappa shape index (κ2) is 6.36. The van der Waals surface area contributed by atoms with Crippen molar-refractivity contribution in [2.45, 2.75) is 25.1 Å². The summed E-state index contributed by atoms with van der Waals surface area (Å²) in [7, 11) is 0. The molecule has 1 aromatic carbocycles. The van der Waals surface area contributed by atoms with E-state index in [-0.39, 0.29) is 5.56 Å². The molecule has 9 heteroatoms. The SMILES string of the molecule is O=c1c2ccccc2nnn1-c1cnc(N2CC(O)N3CCC2CC3)nc1. The molecule has 9 nitrogen and oxygen atoms in total. The monoisotopic (exact) mass is 365 g/mol. The molecule has 0 radical (unpaired) electrons. The van der Waals surface area contributed by atoms with Crippen LogP contribution in [0.3, 0.4) is 0 Å². The Balaban J connectivity index is 1.49. The van der Waals surface area contributed by atoms with Gasteiger partial charge in [-0.2, -0.15) is 4.68 Å². The van der Waals surface area contributed by atoms with Crippen LogP contribution in [0.4, 0.5) is 5.95 Å². The van der Waals surface area contributed by atoms with Gasteiger partial charge in [0.25, 0.3) is 5.56 Å². The van der Waals surface area contributed by atoms with Gasteiger partial charge in [-0.05, 0) is 25.0 Å². The maximum Gasteiger partial charge on any atom is 0.282 e. The first-order valence-electron chi connectivity index (χ1n) is 9.06. The summed E-state index contributed by atoms with van der Waals surface area (Å²) in [5, 5.41) is 18.9. The summed E-state index contributed by atoms with van der Waals surface area (Å²) in [6.07, 6.45) is 4.62. The van der Waals surface area contributed by atoms with E-state index in [1.807, 2.05) is 6.07 Å². The van der Waals surface area contributed by atoms with Crippen molar-refractivity contribution in [2.24, 2.45) is 0 Å². The second-order valence-electron chi connectivity index (χ2n) is 6.96. The lowest BCUT2D eigenvalue weighted by molar-refractivity contribution is 0.0139. The van der Waals surface area contributed by atoms with Crippen LogP contribution in [0.25, 0.3) is 16.6 Å². The van der Waals surface area contributed by atoms with E-state index in [0.29, 0.717) is 35.1 Å². The minimum atomic E-state index is -0.505. The lowest BCUT2D eigenvalue weighted by atomic mass is 10.1. The number of aliphatic hydroxyl groups is 1. The van der Waals surface area contributed by atoms with Gasteiger partial charge in [0.05, 0.1) is 24.3 Å². The van der Waals surface area contributed by atoms with Gasteiger partial charge < -0.3 is 10.0 Å². The van der Waals surface area contributed by atoms with Crippen molar-refractivity contribution in [2.75, 3.05) is 24.5 Å². The minimum absolute atomic E-state index is 0.256. The standard InChI is InChI=1S/C18H19N7O2/c26-16-11-24(12-5-7-23(16)8-6-12)18-19-9-13(10-20-18)25-17(27)14-3-1-2-4-15(14)21-22-25/h1-4,9-10,12,16,26H,5-8,11H2. The first kappa shape index (κ1) is 16.3. The van der Waals surface area contributed by atoms with Crippen LogP contribution in [0, 0.1) is 0 Å². The number of piperidine rings is 1. The number of nitrogens with zero attached hydrogens (tertiary/aromatic N) is 7. The number of hydrogen-bond acceptors (Lipinski definition) is 8. The van der Waals surface area contributed by atoms with Crippen molar-refractivity contribution in [1.29, 1.82) is 0 Å². The normalized spacial score (nSPS) is 24.9. The Morgan fingerprint density at radius 3 is 2.59 bits per heavy atom. The lowest BCUT2D eigenvalue weighted by Crippen LogP contribution is -2.39. The second-order valence-corrected chi connectivity index (χ2v) is 6.96. The van der Waals surface area contributed by atoms with Gasteiger partial charge in [-0.15, -0.1) is 5.10 Å². The third kappa shape index (κ3) is 2.75. The van der Waals surface area contributed by atoms with E-state index in [1.54, 1.807) is 30.6 Å². The van der Waals surface area contributed by atoms with Gasteiger partial charge in [0, 0.05) is 19.1 Å². The van der Waals surface area contributed by atoms with Crippen LogP contribution in [-0.4, -0.2) is 66.9 Å². The van der Waals surface area contributed by atoms with Gasteiger partial charge in [-0.1, -0.05) is 17.3 Å². The highest BCUT2D eigenvalue weighted by atomic mass is 16.3. The molecule has 6 rings (SSSR count). The van der Waals surface area contributed by atoms with E-state index in [0.717, 1.165) is 25.9 Å². The topological polar surface area (TPSA) is 100 Å². The molecule has 0 spiro atoms. The van der Waals surface area contributed by atoms with Gasteiger partial charge in [0.15, 0.2) is 0 Å². The van der Waals surface area contributed by atoms with Crippen LogP contribution in [0.1, 0.15) is 12.8 Å². The molecule has 1 unspecified atom stereocenters. The molecule has 1 atom stereocenters. The van der Waals surface area contributed by atoms with E-state index in [4.69, 9.17) is 0 Å². The number of anilines is 1. The molecule has 3 aliphatic rings. The highest BCUT2D eigenvalue weighted by Crippen LogP contribution is 2.26. The van der Waals surface area contributed by atoms with Crippen molar-refractivity contribution < 1.29 is 5.11 Å². The van der Waals surface area contributed by atoms with Crippen molar-refractivity contribution in [3.05, 3.63) is 47.0 Å². The Morgan fingerprint density at radius 2 is 1.81 bits per heavy atom. The molecular weight excluding hydrogens is 346 g/mol. The third-order valence-electron chi connectivity index (χ3n) is 5.42. The van der Waals surface area contributed by atoms with E-state index >= 15 is 0 Å². The van der Waals surface area contributed by atoms with Crippen molar-refractivity contribution in [3.63, 3.8) is 0 Å². The predicted octanol–water partition coefficient (Wildman–Crippen LogP) is 0.173. The Morgan fingerprint density at radius 1 is 1.07 bits per heavy atom. The molecule has 2 aromatic heterocycles. The largest absolute Gasteiger partial charge is 0.376 e. The van der Waals surface area contributed by atoms with Crippen LogP contribution in [-0.2, 0) is 0 Å². The summed E-state index contributed by atoms with van der Waals surface area (Å²) >= 11 is 0. The van der Waals surface area contributed by atoms with Gasteiger partial charge >= 0.3 is 0 Å². The quantitative estimate of drug-likeness (QED) is 0.686. The number of hydrogen-bond donors (Lipinski definition) is 1. The van der Waals surface area contributed by atoms with Gasteiger partial charge in [0.1, 0.15) is 17.4 Å². The number of benzene rings is 1. The molecule has 0 saturated carbocycles. The van der Waals surface area contributed by atoms with E-state index in [1.165, 1.54) is 4.68 Å². The van der Waals surface area contributed by atoms with E-state index in [9.17, 15) is 9.90 Å². The van der Waals surface area contributed by atoms with Crippen LogP contribution in [0.15, 0.2) is 41.5 Å². The molecule has 138 valence electrons. The first-order valence-corrected chi connectivity index (χ1v) is 9.06. The minimum Gasteiger partial charge on any atom is -0.376 e. The summed E-state index contributed by atoms with van der Waals surface area (Å²) in [5.41, 5.74) is 0.764. The molecule has 2 bridgehead atoms. The summed E-state index contributed by atoms with van der Waals surface area (Å²) in [6.45, 7) is 2.27. The molecule has 0 aliphatic carbocycles. The molecule has 27 heavy (non-hydrogen) atoms. The zero-order valence-corrected chi connectivity index (χ0v) is 14.6. The molecule has 3 aliphatic heterocycles. The zero-order valence-electron chi connectivity index (χ0n) is 14.6. The number of aliphatic hydroxyl groups excluding tert-OH is 1. The number of rotatable bonds is 2. The van der Waals surface area contributed by atoms with Crippen molar-refractivity contribution >= 4 is 16.9 Å². The predicted molar refractivity (Wildman–Crippen MR) is 98.7 cm³/mol. The summed E-state index contributed by atoms with van der Waals surface area (Å²) < 4.78 is 1.21. The maximum absolute atomic E-state index is 12.7. The summed E-state index contributed by atoms with van der Waals surface area (Å²) in [5.74, 6) is 0.563. The Bertz CT molecular complexity index is 1030. The average Bonchev–Trinajstić information content (AvgIpc) is 2.97. The van der Waals surface area contributed by atoms with Gasteiger partial charge in [-0.25, -0.2) is 9.97 Å². The summed E-state index contributed by atoms with van der Waals surface area (Å²) in [6, 6.07) is 7.42. The molecule has 3 aromatic rings. The Hall–Kier alpha value is -2.91. The fraction of sp³-hybridized carbons (Fsp3) is 0.389. The Kier molecular flexibility index (Phi) is 3.83. The molecular formula is C18H19N7O2. The van der Waals surface area contributed by atoms with Crippen LogP contribution < -0.4 is 10.5 Å². The van der Waals surface area contributed by atoms with Crippen LogP contribution in [0.5, 0.6) is 0 Å². The summed E-state index contributed by atoms with van der Waals surface area (Å²) in [4.78, 5) is 25.7. The highest BCUT2D eigenvalue weighted by molar-refractivity contribution is 5.76. The molecule has 3 saturated heterocycles. The number of aromatic nitrogens is 5. The smallest absolute Gasteiger partial charge is 0.282 e. The van der Waals surface area contributed by atoms with Crippen molar-refractivity contribution in [1.82, 2.24) is 29.9 Å². The molecule has 3 fully saturated rings. The Labute approximate surface area is 154 Å². The average molecular weight is 365 g/mol. The number of fused-ring (bicyclic) bond motifs is 5. The maximum atomic E-state index is 12.7. The molecule has 0 amide bonds. The fourth-order valence-electron chi connectivity index (χ4n) is 3.91. The zero-order chi connectivity index (χ0) is 18.4. The van der Waals surface area contributed by atoms with Gasteiger partial charge in [-0.3, -0.25) is 9.69 Å². The van der Waals surface area contributed by atoms with E-state index < -0.39 is 6.23 Å². The molecule has 1 N–H and O–H groups in total. The highest BCUT2D eigenvalue weighted by Gasteiger charge is 2.35. The fourth-order valence-corrected chi connectivity index (χ4v) is 3.91. The van der Waals surface area contributed by atoms with Crippen molar-refractivity contribution in [3.8, 4) is 5.69 Å². The van der Waals surface area contributed by atoms with Crippen LogP contribution in [0.2, 0.25) is 0 Å². The lowest BCUT2D eigenvalue weighted by Gasteiger charge is -2.31. The molecule has 5 heterocycles. The first-order chi connectivity index (χ1) is 13.2. The van der Waals surface area contributed by atoms with Gasteiger partial charge in [0.2, 0.25) is 5.95 Å². The van der Waals surface area contributed by atoms with E-state index in [2.05, 4.69) is 30.1 Å².